The maximum absolute atomic E-state index is 12.8. The van der Waals surface area contributed by atoms with E-state index in [4.69, 9.17) is 5.26 Å². The van der Waals surface area contributed by atoms with Crippen LogP contribution in [0.4, 0.5) is 11.5 Å². The predicted octanol–water partition coefficient (Wildman–Crippen LogP) is 4.15. The lowest BCUT2D eigenvalue weighted by atomic mass is 9.95. The van der Waals surface area contributed by atoms with Gasteiger partial charge in [-0.15, -0.1) is 0 Å². The molecule has 7 heteroatoms. The standard InChI is InChI=1S/C25H22N6O/c26-15-18-5-10-24(27-16-18)30-13-11-19(12-14-30)25(32)29-20-6-8-21(9-7-20)31-17-28-22-3-1-2-4-23(22)31/h1-10,16-17,19H,11-14H2,(H,29,32). The number of rotatable bonds is 4. The second-order valence-corrected chi connectivity index (χ2v) is 7.92. The number of amides is 1. The van der Waals surface area contributed by atoms with E-state index in [2.05, 4.69) is 26.3 Å². The fraction of sp³-hybridized carbons (Fsp3) is 0.200. The van der Waals surface area contributed by atoms with Crippen LogP contribution in [0.5, 0.6) is 0 Å². The highest BCUT2D eigenvalue weighted by molar-refractivity contribution is 5.92. The van der Waals surface area contributed by atoms with Crippen LogP contribution in [0.15, 0.2) is 73.2 Å². The van der Waals surface area contributed by atoms with Crippen LogP contribution >= 0.6 is 0 Å². The van der Waals surface area contributed by atoms with Gasteiger partial charge < -0.3 is 10.2 Å². The quantitative estimate of drug-likeness (QED) is 0.534. The van der Waals surface area contributed by atoms with E-state index in [-0.39, 0.29) is 11.8 Å². The topological polar surface area (TPSA) is 86.8 Å². The molecular formula is C25H22N6O. The number of aromatic nitrogens is 3. The normalized spacial score (nSPS) is 14.3. The summed E-state index contributed by atoms with van der Waals surface area (Å²) in [7, 11) is 0. The zero-order valence-electron chi connectivity index (χ0n) is 17.5. The zero-order valence-corrected chi connectivity index (χ0v) is 17.5. The number of hydrogen-bond acceptors (Lipinski definition) is 5. The fourth-order valence-corrected chi connectivity index (χ4v) is 4.12. The molecule has 1 N–H and O–H groups in total. The van der Waals surface area contributed by atoms with Gasteiger partial charge in [0.2, 0.25) is 5.91 Å². The Labute approximate surface area is 185 Å². The number of imidazole rings is 1. The first-order valence-corrected chi connectivity index (χ1v) is 10.7. The van der Waals surface area contributed by atoms with Crippen LogP contribution in [-0.4, -0.2) is 33.5 Å². The highest BCUT2D eigenvalue weighted by atomic mass is 16.1. The molecule has 1 fully saturated rings. The van der Waals surface area contributed by atoms with Crippen molar-refractivity contribution in [2.45, 2.75) is 12.8 Å². The molecule has 0 aliphatic carbocycles. The van der Waals surface area contributed by atoms with Gasteiger partial charge in [-0.1, -0.05) is 12.1 Å². The number of piperidine rings is 1. The zero-order chi connectivity index (χ0) is 21.9. The fourth-order valence-electron chi connectivity index (χ4n) is 4.12. The first-order chi connectivity index (χ1) is 15.7. The Balaban J connectivity index is 1.20. The monoisotopic (exact) mass is 422 g/mol. The molecule has 2 aromatic carbocycles. The third kappa shape index (κ3) is 3.91. The summed E-state index contributed by atoms with van der Waals surface area (Å²) in [5.41, 5.74) is 4.34. The molecule has 0 radical (unpaired) electrons. The number of para-hydroxylation sites is 2. The second-order valence-electron chi connectivity index (χ2n) is 7.92. The molecule has 1 aliphatic rings. The van der Waals surface area contributed by atoms with E-state index < -0.39 is 0 Å². The summed E-state index contributed by atoms with van der Waals surface area (Å²) < 4.78 is 2.04. The lowest BCUT2D eigenvalue weighted by molar-refractivity contribution is -0.120. The number of nitrogens with zero attached hydrogens (tertiary/aromatic N) is 5. The number of nitrogens with one attached hydrogen (secondary N) is 1. The van der Waals surface area contributed by atoms with Crippen molar-refractivity contribution in [2.24, 2.45) is 5.92 Å². The van der Waals surface area contributed by atoms with Crippen molar-refractivity contribution in [3.8, 4) is 11.8 Å². The first kappa shape index (κ1) is 19.8. The molecule has 1 saturated heterocycles. The number of fused-ring (bicyclic) bond motifs is 1. The number of pyridine rings is 1. The first-order valence-electron chi connectivity index (χ1n) is 10.7. The Morgan fingerprint density at radius 2 is 1.78 bits per heavy atom. The molecule has 0 atom stereocenters. The molecule has 0 saturated carbocycles. The molecule has 0 spiro atoms. The van der Waals surface area contributed by atoms with Crippen LogP contribution < -0.4 is 10.2 Å². The Hall–Kier alpha value is -4.18. The number of nitriles is 1. The van der Waals surface area contributed by atoms with Crippen LogP contribution in [0.2, 0.25) is 0 Å². The van der Waals surface area contributed by atoms with E-state index in [1.165, 1.54) is 0 Å². The minimum atomic E-state index is -0.0260. The Bertz CT molecular complexity index is 1280. The highest BCUT2D eigenvalue weighted by Gasteiger charge is 2.25. The van der Waals surface area contributed by atoms with Crippen molar-refractivity contribution in [3.05, 3.63) is 78.8 Å². The summed E-state index contributed by atoms with van der Waals surface area (Å²) in [5, 5.41) is 12.0. The van der Waals surface area contributed by atoms with Crippen molar-refractivity contribution in [3.63, 3.8) is 0 Å². The number of carbonyl (C=O) groups excluding carboxylic acids is 1. The van der Waals surface area contributed by atoms with E-state index in [9.17, 15) is 4.79 Å². The smallest absolute Gasteiger partial charge is 0.227 e. The van der Waals surface area contributed by atoms with E-state index in [1.807, 2.05) is 65.5 Å². The molecule has 3 heterocycles. The predicted molar refractivity (Wildman–Crippen MR) is 124 cm³/mol. The van der Waals surface area contributed by atoms with Gasteiger partial charge in [0.15, 0.2) is 0 Å². The van der Waals surface area contributed by atoms with Crippen LogP contribution in [0.3, 0.4) is 0 Å². The molecule has 7 nitrogen and oxygen atoms in total. The summed E-state index contributed by atoms with van der Waals surface area (Å²) in [6.45, 7) is 1.53. The lowest BCUT2D eigenvalue weighted by Gasteiger charge is -2.32. The van der Waals surface area contributed by atoms with Gasteiger partial charge in [0.05, 0.1) is 16.6 Å². The third-order valence-corrected chi connectivity index (χ3v) is 5.93. The Kier molecular flexibility index (Phi) is 5.26. The van der Waals surface area contributed by atoms with Gasteiger partial charge in [-0.25, -0.2) is 9.97 Å². The van der Waals surface area contributed by atoms with Crippen molar-refractivity contribution in [2.75, 3.05) is 23.3 Å². The minimum absolute atomic E-state index is 0.0260. The largest absolute Gasteiger partial charge is 0.357 e. The SMILES string of the molecule is N#Cc1ccc(N2CCC(C(=O)Nc3ccc(-n4cnc5ccccc54)cc3)CC2)nc1. The van der Waals surface area contributed by atoms with Crippen molar-refractivity contribution >= 4 is 28.4 Å². The van der Waals surface area contributed by atoms with Crippen LogP contribution in [-0.2, 0) is 4.79 Å². The lowest BCUT2D eigenvalue weighted by Crippen LogP contribution is -2.38. The Morgan fingerprint density at radius 3 is 2.50 bits per heavy atom. The maximum Gasteiger partial charge on any atom is 0.227 e. The van der Waals surface area contributed by atoms with Crippen LogP contribution in [0, 0.1) is 17.2 Å². The molecule has 1 aliphatic heterocycles. The van der Waals surface area contributed by atoms with Gasteiger partial charge in [-0.3, -0.25) is 9.36 Å². The number of benzene rings is 2. The molecule has 158 valence electrons. The summed E-state index contributed by atoms with van der Waals surface area (Å²) >= 11 is 0. The Morgan fingerprint density at radius 1 is 1.00 bits per heavy atom. The van der Waals surface area contributed by atoms with Gasteiger partial charge in [0.1, 0.15) is 18.2 Å². The molecule has 0 unspecified atom stereocenters. The summed E-state index contributed by atoms with van der Waals surface area (Å²) in [5.74, 6) is 0.880. The van der Waals surface area contributed by atoms with Gasteiger partial charge in [-0.2, -0.15) is 5.26 Å². The highest BCUT2D eigenvalue weighted by Crippen LogP contribution is 2.24. The minimum Gasteiger partial charge on any atom is -0.357 e. The molecule has 32 heavy (non-hydrogen) atoms. The van der Waals surface area contributed by atoms with Crippen LogP contribution in [0.25, 0.3) is 16.7 Å². The van der Waals surface area contributed by atoms with Crippen LogP contribution in [0.1, 0.15) is 18.4 Å². The maximum atomic E-state index is 12.8. The van der Waals surface area contributed by atoms with E-state index in [1.54, 1.807) is 12.3 Å². The van der Waals surface area contributed by atoms with Crippen molar-refractivity contribution < 1.29 is 4.79 Å². The molecule has 0 bridgehead atoms. The average molecular weight is 422 g/mol. The van der Waals surface area contributed by atoms with Gasteiger partial charge >= 0.3 is 0 Å². The second kappa shape index (κ2) is 8.52. The number of carbonyl (C=O) groups is 1. The van der Waals surface area contributed by atoms with Gasteiger partial charge in [0, 0.05) is 36.6 Å². The van der Waals surface area contributed by atoms with Crippen molar-refractivity contribution in [1.29, 1.82) is 5.26 Å². The number of anilines is 2. The van der Waals surface area contributed by atoms with Gasteiger partial charge in [0.25, 0.3) is 0 Å². The molecular weight excluding hydrogens is 400 g/mol. The van der Waals surface area contributed by atoms with E-state index in [0.29, 0.717) is 5.56 Å². The van der Waals surface area contributed by atoms with E-state index >= 15 is 0 Å². The molecule has 5 rings (SSSR count). The molecule has 1 amide bonds. The summed E-state index contributed by atoms with van der Waals surface area (Å²) in [6, 6.07) is 21.6. The summed E-state index contributed by atoms with van der Waals surface area (Å²) in [4.78, 5) is 23.7. The van der Waals surface area contributed by atoms with E-state index in [0.717, 1.165) is 54.2 Å². The van der Waals surface area contributed by atoms with Gasteiger partial charge in [-0.05, 0) is 61.4 Å². The average Bonchev–Trinajstić information content (AvgIpc) is 3.29. The number of hydrogen-bond donors (Lipinski definition) is 1. The molecule has 2 aromatic heterocycles. The third-order valence-electron chi connectivity index (χ3n) is 5.93. The molecule has 4 aromatic rings. The summed E-state index contributed by atoms with van der Waals surface area (Å²) in [6.07, 6.45) is 4.94. The van der Waals surface area contributed by atoms with Crippen molar-refractivity contribution in [1.82, 2.24) is 14.5 Å².